The lowest BCUT2D eigenvalue weighted by molar-refractivity contribution is -0.137. The molecular weight excluding hydrogens is 437 g/mol. The number of nitrogens with zero attached hydrogens (tertiary/aromatic N) is 3. The number of hydrogen-bond donors (Lipinski definition) is 0. The second-order valence-electron chi connectivity index (χ2n) is 7.11. The molecule has 3 aromatic rings. The molecule has 0 aliphatic heterocycles. The molecule has 1 heterocycles. The molecule has 168 valence electrons. The van der Waals surface area contributed by atoms with E-state index >= 15 is 0 Å². The van der Waals surface area contributed by atoms with Gasteiger partial charge in [-0.3, -0.25) is 19.2 Å². The van der Waals surface area contributed by atoms with Crippen molar-refractivity contribution in [3.8, 4) is 11.3 Å². The first kappa shape index (κ1) is 23.1. The van der Waals surface area contributed by atoms with Crippen LogP contribution in [-0.2, 0) is 31.2 Å². The van der Waals surface area contributed by atoms with Crippen LogP contribution in [0.4, 0.5) is 10.2 Å². The van der Waals surface area contributed by atoms with Crippen molar-refractivity contribution in [2.24, 2.45) is 7.05 Å². The molecule has 8 nitrogen and oxygen atoms in total. The highest BCUT2D eigenvalue weighted by molar-refractivity contribution is 7.92. The van der Waals surface area contributed by atoms with Crippen molar-refractivity contribution in [2.45, 2.75) is 17.9 Å². The van der Waals surface area contributed by atoms with E-state index in [0.29, 0.717) is 29.0 Å². The lowest BCUT2D eigenvalue weighted by Gasteiger charge is -2.25. The van der Waals surface area contributed by atoms with Crippen LogP contribution in [0.1, 0.15) is 18.5 Å². The van der Waals surface area contributed by atoms with Crippen molar-refractivity contribution in [1.82, 2.24) is 9.78 Å². The van der Waals surface area contributed by atoms with Gasteiger partial charge in [-0.1, -0.05) is 12.1 Å². The van der Waals surface area contributed by atoms with E-state index in [1.165, 1.54) is 29.2 Å². The molecular formula is C22H22FN3O5S. The number of methoxy groups -OCH3 is 1. The summed E-state index contributed by atoms with van der Waals surface area (Å²) >= 11 is 0. The van der Waals surface area contributed by atoms with Gasteiger partial charge in [-0.05, 0) is 48.9 Å². The van der Waals surface area contributed by atoms with Crippen molar-refractivity contribution in [3.05, 3.63) is 66.0 Å². The Morgan fingerprint density at radius 3 is 2.38 bits per heavy atom. The summed E-state index contributed by atoms with van der Waals surface area (Å²) < 4.78 is 43.8. The predicted molar refractivity (Wildman–Crippen MR) is 116 cm³/mol. The minimum Gasteiger partial charge on any atom is -0.468 e. The maximum Gasteiger partial charge on any atom is 0.321 e. The molecule has 0 bridgehead atoms. The first-order valence-electron chi connectivity index (χ1n) is 9.59. The molecule has 1 aromatic heterocycles. The number of benzene rings is 2. The van der Waals surface area contributed by atoms with Gasteiger partial charge in [0.2, 0.25) is 6.41 Å². The summed E-state index contributed by atoms with van der Waals surface area (Å²) in [5.41, 5.74) is 1.95. The van der Waals surface area contributed by atoms with Crippen LogP contribution in [0.3, 0.4) is 0 Å². The summed E-state index contributed by atoms with van der Waals surface area (Å²) in [7, 11) is -1.02. The van der Waals surface area contributed by atoms with Gasteiger partial charge in [-0.15, -0.1) is 0 Å². The Balaban J connectivity index is 1.86. The second-order valence-corrected chi connectivity index (χ2v) is 9.10. The zero-order valence-electron chi connectivity index (χ0n) is 17.7. The molecule has 0 aliphatic rings. The van der Waals surface area contributed by atoms with Crippen LogP contribution in [0.5, 0.6) is 0 Å². The number of hydrogen-bond acceptors (Lipinski definition) is 6. The molecule has 1 amide bonds. The van der Waals surface area contributed by atoms with Crippen LogP contribution >= 0.6 is 0 Å². The molecule has 0 saturated heterocycles. The van der Waals surface area contributed by atoms with Crippen molar-refractivity contribution in [3.63, 3.8) is 0 Å². The molecule has 1 atom stereocenters. The van der Waals surface area contributed by atoms with Crippen LogP contribution in [0.15, 0.2) is 59.5 Å². The standard InChI is InChI=1S/C22H22FN3O5S/c1-15(16-6-10-19(11-7-16)32(29,30)13-22(28)31-3)26(14-27)21-12-20(24-25(21)2)17-4-8-18(23)9-5-17/h4-12,14-15H,13H2,1-3H3/t15-/m1/s1. The van der Waals surface area contributed by atoms with Crippen molar-refractivity contribution in [1.29, 1.82) is 0 Å². The highest BCUT2D eigenvalue weighted by Gasteiger charge is 2.23. The van der Waals surface area contributed by atoms with E-state index in [4.69, 9.17) is 0 Å². The summed E-state index contributed by atoms with van der Waals surface area (Å²) in [6, 6.07) is 13.1. The summed E-state index contributed by atoms with van der Waals surface area (Å²) in [6.45, 7) is 1.79. The van der Waals surface area contributed by atoms with Crippen LogP contribution in [0.25, 0.3) is 11.3 Å². The summed E-state index contributed by atoms with van der Waals surface area (Å²) in [6.07, 6.45) is 0.665. The van der Waals surface area contributed by atoms with Gasteiger partial charge < -0.3 is 4.74 Å². The van der Waals surface area contributed by atoms with Gasteiger partial charge in [0.15, 0.2) is 15.6 Å². The topological polar surface area (TPSA) is 98.6 Å². The quantitative estimate of drug-likeness (QED) is 0.379. The molecule has 10 heteroatoms. The van der Waals surface area contributed by atoms with Crippen LogP contribution in [-0.4, -0.2) is 43.4 Å². The lowest BCUT2D eigenvalue weighted by Crippen LogP contribution is -2.27. The van der Waals surface area contributed by atoms with Crippen molar-refractivity contribution >= 4 is 28.0 Å². The number of carbonyl (C=O) groups excluding carboxylic acids is 2. The molecule has 2 aromatic carbocycles. The maximum absolute atomic E-state index is 13.2. The third kappa shape index (κ3) is 4.86. The summed E-state index contributed by atoms with van der Waals surface area (Å²) in [4.78, 5) is 24.7. The largest absolute Gasteiger partial charge is 0.468 e. The maximum atomic E-state index is 13.2. The highest BCUT2D eigenvalue weighted by Crippen LogP contribution is 2.29. The minimum atomic E-state index is -3.83. The van der Waals surface area contributed by atoms with Crippen LogP contribution < -0.4 is 4.90 Å². The zero-order chi connectivity index (χ0) is 23.5. The van der Waals surface area contributed by atoms with Crippen molar-refractivity contribution < 1.29 is 27.1 Å². The fraction of sp³-hybridized carbons (Fsp3) is 0.227. The normalized spacial score (nSPS) is 12.2. The highest BCUT2D eigenvalue weighted by atomic mass is 32.2. The Hall–Kier alpha value is -3.53. The predicted octanol–water partition coefficient (Wildman–Crippen LogP) is 2.90. The van der Waals surface area contributed by atoms with E-state index < -0.39 is 27.6 Å². The molecule has 0 spiro atoms. The number of anilines is 1. The Morgan fingerprint density at radius 2 is 1.81 bits per heavy atom. The second kappa shape index (κ2) is 9.31. The number of halogens is 1. The number of amides is 1. The van der Waals surface area contributed by atoms with Crippen LogP contribution in [0, 0.1) is 5.82 Å². The SMILES string of the molecule is COC(=O)CS(=O)(=O)c1ccc([C@@H](C)N(C=O)c2cc(-c3ccc(F)cc3)nn2C)cc1. The van der Waals surface area contributed by atoms with E-state index in [2.05, 4.69) is 9.84 Å². The molecule has 0 radical (unpaired) electrons. The number of sulfone groups is 1. The zero-order valence-corrected chi connectivity index (χ0v) is 18.5. The van der Waals surface area contributed by atoms with Gasteiger partial charge in [0, 0.05) is 18.7 Å². The fourth-order valence-corrected chi connectivity index (χ4v) is 4.36. The first-order chi connectivity index (χ1) is 15.2. The third-order valence-corrected chi connectivity index (χ3v) is 6.65. The number of carbonyl (C=O) groups is 2. The van der Waals surface area contributed by atoms with E-state index in [9.17, 15) is 22.4 Å². The van der Waals surface area contributed by atoms with E-state index in [0.717, 1.165) is 7.11 Å². The Morgan fingerprint density at radius 1 is 1.19 bits per heavy atom. The van der Waals surface area contributed by atoms with Crippen LogP contribution in [0.2, 0.25) is 0 Å². The number of ether oxygens (including phenoxy) is 1. The monoisotopic (exact) mass is 459 g/mol. The average Bonchev–Trinajstić information content (AvgIpc) is 3.15. The summed E-state index contributed by atoms with van der Waals surface area (Å²) in [5.74, 6) is -1.44. The van der Waals surface area contributed by atoms with Gasteiger partial charge >= 0.3 is 5.97 Å². The lowest BCUT2D eigenvalue weighted by atomic mass is 10.1. The van der Waals surface area contributed by atoms with Gasteiger partial charge in [0.05, 0.1) is 23.7 Å². The number of aryl methyl sites for hydroxylation is 1. The molecule has 0 N–H and O–H groups in total. The smallest absolute Gasteiger partial charge is 0.321 e. The average molecular weight is 459 g/mol. The molecule has 3 rings (SSSR count). The Labute approximate surface area is 185 Å². The number of esters is 1. The van der Waals surface area contributed by atoms with Gasteiger partial charge in [-0.2, -0.15) is 5.10 Å². The summed E-state index contributed by atoms with van der Waals surface area (Å²) in [5, 5.41) is 4.41. The Bertz CT molecular complexity index is 1220. The molecule has 0 unspecified atom stereocenters. The minimum absolute atomic E-state index is 0.0179. The van der Waals surface area contributed by atoms with Gasteiger partial charge in [-0.25, -0.2) is 12.8 Å². The van der Waals surface area contributed by atoms with Gasteiger partial charge in [0.1, 0.15) is 11.6 Å². The van der Waals surface area contributed by atoms with E-state index in [1.807, 2.05) is 0 Å². The fourth-order valence-electron chi connectivity index (χ4n) is 3.22. The molecule has 32 heavy (non-hydrogen) atoms. The molecule has 0 aliphatic carbocycles. The van der Waals surface area contributed by atoms with E-state index in [-0.39, 0.29) is 10.7 Å². The Kier molecular flexibility index (Phi) is 6.73. The van der Waals surface area contributed by atoms with Crippen molar-refractivity contribution in [2.75, 3.05) is 17.8 Å². The van der Waals surface area contributed by atoms with Gasteiger partial charge in [0.25, 0.3) is 0 Å². The third-order valence-electron chi connectivity index (χ3n) is 5.05. The molecule has 0 saturated carbocycles. The molecule has 0 fully saturated rings. The number of aromatic nitrogens is 2. The van der Waals surface area contributed by atoms with E-state index in [1.54, 1.807) is 49.0 Å². The first-order valence-corrected chi connectivity index (χ1v) is 11.2. The number of rotatable bonds is 8.